The topological polar surface area (TPSA) is 55.5 Å². The van der Waals surface area contributed by atoms with E-state index in [9.17, 15) is 5.11 Å². The van der Waals surface area contributed by atoms with Crippen LogP contribution in [-0.4, -0.2) is 17.8 Å². The smallest absolute Gasteiger partial charge is 0.119 e. The normalized spacial score (nSPS) is 12.1. The lowest BCUT2D eigenvalue weighted by molar-refractivity contribution is 0.297. The molecule has 3 heteroatoms. The predicted molar refractivity (Wildman–Crippen MR) is 76.3 cm³/mol. The maximum absolute atomic E-state index is 9.21. The Morgan fingerprint density at radius 1 is 1.00 bits per heavy atom. The van der Waals surface area contributed by atoms with E-state index in [0.717, 1.165) is 24.2 Å². The molecule has 0 aliphatic heterocycles. The highest BCUT2D eigenvalue weighted by Gasteiger charge is 2.04. The number of nitrogens with two attached hydrogens (primary N) is 1. The van der Waals surface area contributed by atoms with Crippen LogP contribution in [0.4, 0.5) is 0 Å². The summed E-state index contributed by atoms with van der Waals surface area (Å²) >= 11 is 0. The summed E-state index contributed by atoms with van der Waals surface area (Å²) in [6.45, 7) is 0.614. The van der Waals surface area contributed by atoms with Crippen LogP contribution in [0.3, 0.4) is 0 Å². The standard InChI is InChI=1S/C16H19NO2/c17-14(12-13-6-8-15(18)9-7-13)10-11-19-16-4-2-1-3-5-16/h1-9,14,18H,10-12,17H2. The number of hydrogen-bond acceptors (Lipinski definition) is 3. The zero-order chi connectivity index (χ0) is 13.5. The largest absolute Gasteiger partial charge is 0.508 e. The van der Waals surface area contributed by atoms with Gasteiger partial charge in [-0.2, -0.15) is 0 Å². The first kappa shape index (κ1) is 13.4. The number of ether oxygens (including phenoxy) is 1. The molecule has 0 heterocycles. The van der Waals surface area contributed by atoms with Gasteiger partial charge in [0, 0.05) is 6.04 Å². The van der Waals surface area contributed by atoms with E-state index in [-0.39, 0.29) is 11.8 Å². The van der Waals surface area contributed by atoms with E-state index in [2.05, 4.69) is 0 Å². The summed E-state index contributed by atoms with van der Waals surface area (Å²) in [4.78, 5) is 0. The maximum Gasteiger partial charge on any atom is 0.119 e. The number of hydrogen-bond donors (Lipinski definition) is 2. The number of phenolic OH excluding ortho intramolecular Hbond substituents is 1. The molecule has 3 N–H and O–H groups in total. The van der Waals surface area contributed by atoms with Crippen LogP contribution in [0, 0.1) is 0 Å². The Morgan fingerprint density at radius 2 is 1.68 bits per heavy atom. The van der Waals surface area contributed by atoms with Gasteiger partial charge < -0.3 is 15.6 Å². The highest BCUT2D eigenvalue weighted by Crippen LogP contribution is 2.12. The van der Waals surface area contributed by atoms with Crippen LogP contribution < -0.4 is 10.5 Å². The van der Waals surface area contributed by atoms with Gasteiger partial charge in [0.1, 0.15) is 11.5 Å². The summed E-state index contributed by atoms with van der Waals surface area (Å²) in [7, 11) is 0. The van der Waals surface area contributed by atoms with Crippen molar-refractivity contribution >= 4 is 0 Å². The number of para-hydroxylation sites is 1. The summed E-state index contributed by atoms with van der Waals surface area (Å²) in [5.74, 6) is 1.16. The van der Waals surface area contributed by atoms with Crippen molar-refractivity contribution in [2.75, 3.05) is 6.61 Å². The van der Waals surface area contributed by atoms with Gasteiger partial charge in [0.05, 0.1) is 6.61 Å². The molecule has 2 rings (SSSR count). The van der Waals surface area contributed by atoms with Crippen LogP contribution in [-0.2, 0) is 6.42 Å². The molecule has 19 heavy (non-hydrogen) atoms. The number of benzene rings is 2. The molecule has 0 radical (unpaired) electrons. The van der Waals surface area contributed by atoms with Crippen molar-refractivity contribution in [1.82, 2.24) is 0 Å². The molecule has 0 saturated carbocycles. The van der Waals surface area contributed by atoms with E-state index in [1.165, 1.54) is 0 Å². The second kappa shape index (κ2) is 6.81. The molecule has 1 unspecified atom stereocenters. The molecule has 0 fully saturated rings. The minimum Gasteiger partial charge on any atom is -0.508 e. The van der Waals surface area contributed by atoms with E-state index >= 15 is 0 Å². The van der Waals surface area contributed by atoms with Crippen LogP contribution in [0.15, 0.2) is 54.6 Å². The van der Waals surface area contributed by atoms with E-state index < -0.39 is 0 Å². The summed E-state index contributed by atoms with van der Waals surface area (Å²) in [6, 6.07) is 17.0. The van der Waals surface area contributed by atoms with E-state index in [1.54, 1.807) is 12.1 Å². The van der Waals surface area contributed by atoms with Gasteiger partial charge in [0.25, 0.3) is 0 Å². The summed E-state index contributed by atoms with van der Waals surface area (Å²) in [5.41, 5.74) is 7.20. The third kappa shape index (κ3) is 4.64. The second-order valence-electron chi connectivity index (χ2n) is 4.58. The fourth-order valence-electron chi connectivity index (χ4n) is 1.88. The fourth-order valence-corrected chi connectivity index (χ4v) is 1.88. The van der Waals surface area contributed by atoms with Crippen molar-refractivity contribution in [2.45, 2.75) is 18.9 Å². The molecule has 3 nitrogen and oxygen atoms in total. The molecule has 0 amide bonds. The second-order valence-corrected chi connectivity index (χ2v) is 4.58. The van der Waals surface area contributed by atoms with Gasteiger partial charge in [-0.15, -0.1) is 0 Å². The zero-order valence-electron chi connectivity index (χ0n) is 10.8. The quantitative estimate of drug-likeness (QED) is 0.836. The fraction of sp³-hybridized carbons (Fsp3) is 0.250. The molecule has 0 bridgehead atoms. The molecular weight excluding hydrogens is 238 g/mol. The number of aromatic hydroxyl groups is 1. The Balaban J connectivity index is 1.73. The maximum atomic E-state index is 9.21. The van der Waals surface area contributed by atoms with Gasteiger partial charge in [-0.1, -0.05) is 30.3 Å². The highest BCUT2D eigenvalue weighted by atomic mass is 16.5. The molecular formula is C16H19NO2. The van der Waals surface area contributed by atoms with Crippen molar-refractivity contribution in [3.8, 4) is 11.5 Å². The van der Waals surface area contributed by atoms with E-state index in [4.69, 9.17) is 10.5 Å². The third-order valence-corrected chi connectivity index (χ3v) is 2.93. The molecule has 0 aliphatic rings. The van der Waals surface area contributed by atoms with Crippen molar-refractivity contribution in [2.24, 2.45) is 5.73 Å². The SMILES string of the molecule is NC(CCOc1ccccc1)Cc1ccc(O)cc1. The van der Waals surface area contributed by atoms with Crippen LogP contribution in [0.5, 0.6) is 11.5 Å². The van der Waals surface area contributed by atoms with Gasteiger partial charge in [0.2, 0.25) is 0 Å². The van der Waals surface area contributed by atoms with Crippen molar-refractivity contribution in [1.29, 1.82) is 0 Å². The number of phenols is 1. The first-order valence-corrected chi connectivity index (χ1v) is 6.45. The van der Waals surface area contributed by atoms with Crippen molar-refractivity contribution in [3.05, 3.63) is 60.2 Å². The van der Waals surface area contributed by atoms with E-state index in [0.29, 0.717) is 6.61 Å². The van der Waals surface area contributed by atoms with Crippen LogP contribution >= 0.6 is 0 Å². The Bertz CT molecular complexity index is 482. The Labute approximate surface area is 113 Å². The third-order valence-electron chi connectivity index (χ3n) is 2.93. The lowest BCUT2D eigenvalue weighted by Crippen LogP contribution is -2.25. The lowest BCUT2D eigenvalue weighted by atomic mass is 10.0. The lowest BCUT2D eigenvalue weighted by Gasteiger charge is -2.12. The Hall–Kier alpha value is -2.00. The molecule has 2 aromatic carbocycles. The Kier molecular flexibility index (Phi) is 4.81. The molecule has 100 valence electrons. The Morgan fingerprint density at radius 3 is 2.37 bits per heavy atom. The van der Waals surface area contributed by atoms with Crippen LogP contribution in [0.25, 0.3) is 0 Å². The van der Waals surface area contributed by atoms with Gasteiger partial charge in [-0.25, -0.2) is 0 Å². The first-order valence-electron chi connectivity index (χ1n) is 6.45. The summed E-state index contributed by atoms with van der Waals surface area (Å²) in [5, 5.41) is 9.21. The molecule has 2 aromatic rings. The van der Waals surface area contributed by atoms with Crippen LogP contribution in [0.1, 0.15) is 12.0 Å². The summed E-state index contributed by atoms with van der Waals surface area (Å²) in [6.07, 6.45) is 1.59. The first-order chi connectivity index (χ1) is 9.24. The van der Waals surface area contributed by atoms with Gasteiger partial charge >= 0.3 is 0 Å². The molecule has 0 saturated heterocycles. The predicted octanol–water partition coefficient (Wildman–Crippen LogP) is 2.73. The average Bonchev–Trinajstić information content (AvgIpc) is 2.43. The average molecular weight is 257 g/mol. The van der Waals surface area contributed by atoms with Crippen molar-refractivity contribution < 1.29 is 9.84 Å². The molecule has 1 atom stereocenters. The summed E-state index contributed by atoms with van der Waals surface area (Å²) < 4.78 is 5.61. The zero-order valence-corrected chi connectivity index (χ0v) is 10.8. The highest BCUT2D eigenvalue weighted by molar-refractivity contribution is 5.26. The van der Waals surface area contributed by atoms with Gasteiger partial charge in [-0.3, -0.25) is 0 Å². The van der Waals surface area contributed by atoms with Gasteiger partial charge in [-0.05, 0) is 42.7 Å². The minimum absolute atomic E-state index is 0.0632. The molecule has 0 aliphatic carbocycles. The monoisotopic (exact) mass is 257 g/mol. The van der Waals surface area contributed by atoms with Crippen LogP contribution in [0.2, 0.25) is 0 Å². The minimum atomic E-state index is 0.0632. The molecule has 0 aromatic heterocycles. The van der Waals surface area contributed by atoms with E-state index in [1.807, 2.05) is 42.5 Å². The number of rotatable bonds is 6. The van der Waals surface area contributed by atoms with Crippen molar-refractivity contribution in [3.63, 3.8) is 0 Å². The molecule has 0 spiro atoms. The van der Waals surface area contributed by atoms with Gasteiger partial charge in [0.15, 0.2) is 0 Å².